The third kappa shape index (κ3) is 5.53. The van der Waals surface area contributed by atoms with Gasteiger partial charge >= 0.3 is 0 Å². The monoisotopic (exact) mass is 452 g/mol. The van der Waals surface area contributed by atoms with Crippen LogP contribution in [-0.4, -0.2) is 57.9 Å². The van der Waals surface area contributed by atoms with Gasteiger partial charge in [-0.25, -0.2) is 4.98 Å². The fraction of sp³-hybridized carbons (Fsp3) is 0.261. The number of amides is 2. The van der Waals surface area contributed by atoms with Gasteiger partial charge in [0.2, 0.25) is 5.91 Å². The number of rotatable bonds is 4. The molecule has 0 aliphatic carbocycles. The molecule has 1 fully saturated rings. The number of hydrogen-bond donors (Lipinski definition) is 2. The lowest BCUT2D eigenvalue weighted by Gasteiger charge is -2.31. The molecule has 10 nitrogen and oxygen atoms in total. The van der Waals surface area contributed by atoms with Crippen molar-refractivity contribution in [3.05, 3.63) is 70.8 Å². The standard InChI is InChI=1S/C22H22N4O4.CH2O2/c1-30-17-6-4-5-16(13-17)21(28)25-11-8-15(9-12-25)20(27)24-18-14-23-19-7-2-3-10-26(19)22(18)29;2-1-3/h2-7,10,13-15H,8-9,11-12H2,1H3,(H,24,27);1H,(H,2,3). The molecule has 33 heavy (non-hydrogen) atoms. The van der Waals surface area contributed by atoms with Gasteiger partial charge in [-0.2, -0.15) is 0 Å². The lowest BCUT2D eigenvalue weighted by Crippen LogP contribution is -2.41. The van der Waals surface area contributed by atoms with Crippen LogP contribution in [0.15, 0.2) is 59.7 Å². The number of aromatic nitrogens is 2. The zero-order valence-electron chi connectivity index (χ0n) is 18.0. The van der Waals surface area contributed by atoms with Gasteiger partial charge in [0.15, 0.2) is 0 Å². The number of carbonyl (C=O) groups is 3. The molecule has 1 aromatic carbocycles. The molecule has 2 N–H and O–H groups in total. The number of piperidine rings is 1. The Labute approximate surface area is 189 Å². The van der Waals surface area contributed by atoms with Crippen LogP contribution >= 0.6 is 0 Å². The van der Waals surface area contributed by atoms with Crippen molar-refractivity contribution in [3.63, 3.8) is 0 Å². The first-order chi connectivity index (χ1) is 16.0. The van der Waals surface area contributed by atoms with Crippen molar-refractivity contribution in [1.29, 1.82) is 0 Å². The number of likely N-dealkylation sites (tertiary alicyclic amines) is 1. The Hall–Kier alpha value is -4.21. The Morgan fingerprint density at radius 1 is 1.18 bits per heavy atom. The molecule has 0 saturated carbocycles. The van der Waals surface area contributed by atoms with E-state index in [2.05, 4.69) is 10.3 Å². The highest BCUT2D eigenvalue weighted by Gasteiger charge is 2.28. The van der Waals surface area contributed by atoms with Gasteiger partial charge < -0.3 is 20.1 Å². The van der Waals surface area contributed by atoms with E-state index in [9.17, 15) is 14.4 Å². The zero-order chi connectivity index (χ0) is 23.8. The van der Waals surface area contributed by atoms with Gasteiger partial charge in [-0.1, -0.05) is 12.1 Å². The van der Waals surface area contributed by atoms with Crippen molar-refractivity contribution in [2.75, 3.05) is 25.5 Å². The highest BCUT2D eigenvalue weighted by Crippen LogP contribution is 2.22. The lowest BCUT2D eigenvalue weighted by molar-refractivity contribution is -0.123. The zero-order valence-corrected chi connectivity index (χ0v) is 18.0. The van der Waals surface area contributed by atoms with Crippen molar-refractivity contribution >= 4 is 29.6 Å². The molecule has 3 aromatic rings. The van der Waals surface area contributed by atoms with E-state index in [1.807, 2.05) is 0 Å². The molecule has 0 bridgehead atoms. The summed E-state index contributed by atoms with van der Waals surface area (Å²) in [6.45, 7) is 0.701. The molecule has 172 valence electrons. The first-order valence-electron chi connectivity index (χ1n) is 10.3. The van der Waals surface area contributed by atoms with Gasteiger partial charge in [0.1, 0.15) is 17.1 Å². The number of carboxylic acid groups (broad SMARTS) is 1. The molecular formula is C23H24N4O6. The summed E-state index contributed by atoms with van der Waals surface area (Å²) in [6, 6.07) is 12.3. The molecule has 2 amide bonds. The highest BCUT2D eigenvalue weighted by atomic mass is 16.5. The summed E-state index contributed by atoms with van der Waals surface area (Å²) in [5.41, 5.74) is 0.913. The van der Waals surface area contributed by atoms with Crippen LogP contribution in [0.5, 0.6) is 5.75 Å². The van der Waals surface area contributed by atoms with E-state index in [1.54, 1.807) is 60.7 Å². The van der Waals surface area contributed by atoms with Crippen molar-refractivity contribution < 1.29 is 24.2 Å². The van der Waals surface area contributed by atoms with E-state index in [4.69, 9.17) is 14.6 Å². The van der Waals surface area contributed by atoms with E-state index >= 15 is 0 Å². The van der Waals surface area contributed by atoms with E-state index in [1.165, 1.54) is 10.6 Å². The van der Waals surface area contributed by atoms with Crippen LogP contribution < -0.4 is 15.6 Å². The molecule has 3 heterocycles. The number of anilines is 1. The van der Waals surface area contributed by atoms with Crippen LogP contribution in [-0.2, 0) is 9.59 Å². The molecule has 0 radical (unpaired) electrons. The molecule has 0 unspecified atom stereocenters. The van der Waals surface area contributed by atoms with Crippen molar-refractivity contribution in [2.45, 2.75) is 12.8 Å². The van der Waals surface area contributed by atoms with E-state index in [0.29, 0.717) is 42.9 Å². The SMILES string of the molecule is COc1cccc(C(=O)N2CCC(C(=O)Nc3cnc4ccccn4c3=O)CC2)c1.O=CO. The third-order valence-corrected chi connectivity index (χ3v) is 5.34. The summed E-state index contributed by atoms with van der Waals surface area (Å²) in [6.07, 6.45) is 4.06. The highest BCUT2D eigenvalue weighted by molar-refractivity contribution is 5.95. The van der Waals surface area contributed by atoms with Crippen LogP contribution in [0.4, 0.5) is 5.69 Å². The minimum Gasteiger partial charge on any atom is -0.497 e. The number of hydrogen-bond acceptors (Lipinski definition) is 6. The van der Waals surface area contributed by atoms with E-state index < -0.39 is 0 Å². The Morgan fingerprint density at radius 2 is 1.91 bits per heavy atom. The van der Waals surface area contributed by atoms with Gasteiger partial charge in [0, 0.05) is 30.8 Å². The molecular weight excluding hydrogens is 428 g/mol. The van der Waals surface area contributed by atoms with E-state index in [0.717, 1.165) is 0 Å². The summed E-state index contributed by atoms with van der Waals surface area (Å²) in [4.78, 5) is 52.3. The van der Waals surface area contributed by atoms with Crippen LogP contribution in [0.25, 0.3) is 5.65 Å². The number of pyridine rings is 1. The maximum atomic E-state index is 12.7. The van der Waals surface area contributed by atoms with Gasteiger partial charge in [-0.15, -0.1) is 0 Å². The van der Waals surface area contributed by atoms with Gasteiger partial charge in [-0.3, -0.25) is 23.6 Å². The number of fused-ring (bicyclic) bond motifs is 1. The summed E-state index contributed by atoms with van der Waals surface area (Å²) in [5, 5.41) is 9.60. The Bertz CT molecular complexity index is 1200. The number of carbonyl (C=O) groups excluding carboxylic acids is 2. The van der Waals surface area contributed by atoms with Crippen LogP contribution in [0, 0.1) is 5.92 Å². The molecule has 0 spiro atoms. The average Bonchev–Trinajstić information content (AvgIpc) is 2.86. The molecule has 0 atom stereocenters. The molecule has 1 aliphatic rings. The van der Waals surface area contributed by atoms with Crippen LogP contribution in [0.3, 0.4) is 0 Å². The van der Waals surface area contributed by atoms with Crippen molar-refractivity contribution in [2.24, 2.45) is 5.92 Å². The smallest absolute Gasteiger partial charge is 0.290 e. The molecule has 10 heteroatoms. The number of methoxy groups -OCH3 is 1. The summed E-state index contributed by atoms with van der Waals surface area (Å²) < 4.78 is 6.57. The van der Waals surface area contributed by atoms with Crippen molar-refractivity contribution in [3.8, 4) is 5.75 Å². The number of benzene rings is 1. The Balaban J connectivity index is 0.000000968. The predicted molar refractivity (Wildman–Crippen MR) is 120 cm³/mol. The van der Waals surface area contributed by atoms with E-state index in [-0.39, 0.29) is 35.5 Å². The molecule has 1 saturated heterocycles. The van der Waals surface area contributed by atoms with Gasteiger partial charge in [0.05, 0.1) is 13.3 Å². The largest absolute Gasteiger partial charge is 0.497 e. The normalized spacial score (nSPS) is 13.5. The van der Waals surface area contributed by atoms with Crippen molar-refractivity contribution in [1.82, 2.24) is 14.3 Å². The second kappa shape index (κ2) is 10.9. The maximum absolute atomic E-state index is 12.7. The topological polar surface area (TPSA) is 130 Å². The average molecular weight is 452 g/mol. The summed E-state index contributed by atoms with van der Waals surface area (Å²) in [5.74, 6) is 0.0589. The minimum absolute atomic E-state index is 0.0790. The second-order valence-electron chi connectivity index (χ2n) is 7.30. The minimum atomic E-state index is -0.320. The second-order valence-corrected chi connectivity index (χ2v) is 7.30. The Kier molecular flexibility index (Phi) is 7.74. The number of nitrogens with one attached hydrogen (secondary N) is 1. The summed E-state index contributed by atoms with van der Waals surface area (Å²) >= 11 is 0. The molecule has 2 aromatic heterocycles. The van der Waals surface area contributed by atoms with Gasteiger partial charge in [0.25, 0.3) is 17.9 Å². The maximum Gasteiger partial charge on any atom is 0.290 e. The molecule has 4 rings (SSSR count). The Morgan fingerprint density at radius 3 is 2.61 bits per heavy atom. The first kappa shape index (κ1) is 23.5. The lowest BCUT2D eigenvalue weighted by atomic mass is 9.95. The predicted octanol–water partition coefficient (Wildman–Crippen LogP) is 1.89. The quantitative estimate of drug-likeness (QED) is 0.578. The van der Waals surface area contributed by atoms with Crippen LogP contribution in [0.1, 0.15) is 23.2 Å². The summed E-state index contributed by atoms with van der Waals surface area (Å²) in [7, 11) is 1.56. The van der Waals surface area contributed by atoms with Crippen LogP contribution in [0.2, 0.25) is 0 Å². The first-order valence-corrected chi connectivity index (χ1v) is 10.3. The third-order valence-electron chi connectivity index (χ3n) is 5.34. The number of nitrogens with zero attached hydrogens (tertiary/aromatic N) is 3. The fourth-order valence-electron chi connectivity index (χ4n) is 3.63. The number of ether oxygens (including phenoxy) is 1. The van der Waals surface area contributed by atoms with Gasteiger partial charge in [-0.05, 0) is 43.2 Å². The fourth-order valence-corrected chi connectivity index (χ4v) is 3.63. The molecule has 1 aliphatic heterocycles.